The summed E-state index contributed by atoms with van der Waals surface area (Å²) in [6, 6.07) is 5.61. The maximum absolute atomic E-state index is 13.2. The number of amides is 2. The zero-order chi connectivity index (χ0) is 22.6. The average Bonchev–Trinajstić information content (AvgIpc) is 3.25. The van der Waals surface area contributed by atoms with Crippen molar-refractivity contribution in [3.05, 3.63) is 35.8 Å². The molecular weight excluding hydrogens is 400 g/mol. The third-order valence-electron chi connectivity index (χ3n) is 7.81. The molecule has 0 radical (unpaired) electrons. The second kappa shape index (κ2) is 10.1. The van der Waals surface area contributed by atoms with Gasteiger partial charge in [0.2, 0.25) is 5.91 Å². The molecule has 2 unspecified atom stereocenters. The number of likely N-dealkylation sites (tertiary alicyclic amines) is 1. The van der Waals surface area contributed by atoms with Crippen LogP contribution in [0.3, 0.4) is 0 Å². The van der Waals surface area contributed by atoms with E-state index in [4.69, 9.17) is 0 Å². The molecule has 2 aliphatic rings. The van der Waals surface area contributed by atoms with E-state index in [1.54, 1.807) is 0 Å². The number of fused-ring (bicyclic) bond motifs is 1. The molecule has 0 bridgehead atoms. The highest BCUT2D eigenvalue weighted by Crippen LogP contribution is 2.42. The summed E-state index contributed by atoms with van der Waals surface area (Å²) in [6.45, 7) is 6.95. The van der Waals surface area contributed by atoms with E-state index in [9.17, 15) is 9.59 Å². The quantitative estimate of drug-likeness (QED) is 0.686. The normalized spacial score (nSPS) is 23.9. The number of pyridine rings is 1. The van der Waals surface area contributed by atoms with Gasteiger partial charge in [0, 0.05) is 25.8 Å². The standard InChI is InChI=1S/C26H38N4O2/c1-3-20-10-9-13-26(4-2,17-20)19-27-25(32)22-11-8-12-23-28-21(18-30(22)23)16-24(31)29-14-6-5-7-15-29/h8,11-12,18,20H,3-7,9-10,13-17,19H2,1-2H3,(H,27,32). The zero-order valence-corrected chi connectivity index (χ0v) is 19.7. The van der Waals surface area contributed by atoms with Crippen LogP contribution in [0.25, 0.3) is 5.65 Å². The molecule has 174 valence electrons. The molecule has 2 amide bonds. The van der Waals surface area contributed by atoms with Crippen molar-refractivity contribution in [1.82, 2.24) is 19.6 Å². The van der Waals surface area contributed by atoms with E-state index in [0.717, 1.165) is 50.5 Å². The molecule has 0 aromatic carbocycles. The maximum atomic E-state index is 13.2. The average molecular weight is 439 g/mol. The monoisotopic (exact) mass is 438 g/mol. The number of rotatable bonds is 7. The Balaban J connectivity index is 1.45. The topological polar surface area (TPSA) is 66.7 Å². The first-order chi connectivity index (χ1) is 15.5. The zero-order valence-electron chi connectivity index (χ0n) is 19.7. The number of carbonyl (C=O) groups is 2. The number of aromatic nitrogens is 2. The lowest BCUT2D eigenvalue weighted by molar-refractivity contribution is -0.131. The number of hydrogen-bond donors (Lipinski definition) is 1. The number of hydrogen-bond acceptors (Lipinski definition) is 3. The minimum Gasteiger partial charge on any atom is -0.350 e. The molecule has 1 aliphatic carbocycles. The van der Waals surface area contributed by atoms with Gasteiger partial charge in [0.05, 0.1) is 12.1 Å². The lowest BCUT2D eigenvalue weighted by Crippen LogP contribution is -2.40. The van der Waals surface area contributed by atoms with E-state index < -0.39 is 0 Å². The highest BCUT2D eigenvalue weighted by Gasteiger charge is 2.34. The Kier molecular flexibility index (Phi) is 7.17. The van der Waals surface area contributed by atoms with Crippen molar-refractivity contribution in [3.63, 3.8) is 0 Å². The van der Waals surface area contributed by atoms with Crippen LogP contribution in [0.1, 0.15) is 87.8 Å². The van der Waals surface area contributed by atoms with Gasteiger partial charge in [-0.25, -0.2) is 4.98 Å². The molecule has 6 heteroatoms. The predicted octanol–water partition coefficient (Wildman–Crippen LogP) is 4.62. The third kappa shape index (κ3) is 5.00. The van der Waals surface area contributed by atoms with Gasteiger partial charge in [-0.05, 0) is 62.0 Å². The Bertz CT molecular complexity index is 946. The molecule has 2 aromatic heterocycles. The van der Waals surface area contributed by atoms with E-state index in [1.165, 1.54) is 38.5 Å². The molecule has 6 nitrogen and oxygen atoms in total. The van der Waals surface area contributed by atoms with Crippen molar-refractivity contribution in [2.75, 3.05) is 19.6 Å². The number of nitrogens with one attached hydrogen (secondary N) is 1. The molecule has 1 saturated heterocycles. The fourth-order valence-electron chi connectivity index (χ4n) is 5.64. The van der Waals surface area contributed by atoms with Gasteiger partial charge in [-0.15, -0.1) is 0 Å². The van der Waals surface area contributed by atoms with E-state index in [-0.39, 0.29) is 17.2 Å². The highest BCUT2D eigenvalue weighted by molar-refractivity contribution is 5.93. The minimum absolute atomic E-state index is 0.0617. The van der Waals surface area contributed by atoms with Crippen LogP contribution in [-0.2, 0) is 11.2 Å². The number of piperidine rings is 1. The van der Waals surface area contributed by atoms with Crippen molar-refractivity contribution >= 4 is 17.5 Å². The van der Waals surface area contributed by atoms with Crippen LogP contribution in [0, 0.1) is 11.3 Å². The Morgan fingerprint density at radius 1 is 1.16 bits per heavy atom. The first-order valence-corrected chi connectivity index (χ1v) is 12.6. The summed E-state index contributed by atoms with van der Waals surface area (Å²) in [7, 11) is 0. The maximum Gasteiger partial charge on any atom is 0.268 e. The smallest absolute Gasteiger partial charge is 0.268 e. The number of imidazole rings is 1. The van der Waals surface area contributed by atoms with E-state index in [0.29, 0.717) is 17.8 Å². The van der Waals surface area contributed by atoms with Crippen LogP contribution in [0.4, 0.5) is 0 Å². The number of carbonyl (C=O) groups excluding carboxylic acids is 2. The summed E-state index contributed by atoms with van der Waals surface area (Å²) in [4.78, 5) is 32.4. The fraction of sp³-hybridized carbons (Fsp3) is 0.654. The summed E-state index contributed by atoms with van der Waals surface area (Å²) in [5.41, 5.74) is 2.24. The third-order valence-corrected chi connectivity index (χ3v) is 7.81. The molecule has 2 aromatic rings. The van der Waals surface area contributed by atoms with Gasteiger partial charge in [-0.2, -0.15) is 0 Å². The lowest BCUT2D eigenvalue weighted by atomic mass is 9.67. The van der Waals surface area contributed by atoms with Gasteiger partial charge < -0.3 is 10.2 Å². The van der Waals surface area contributed by atoms with Crippen molar-refractivity contribution in [1.29, 1.82) is 0 Å². The van der Waals surface area contributed by atoms with Gasteiger partial charge in [-0.1, -0.05) is 39.2 Å². The summed E-state index contributed by atoms with van der Waals surface area (Å²) >= 11 is 0. The molecule has 32 heavy (non-hydrogen) atoms. The molecule has 2 fully saturated rings. The first-order valence-electron chi connectivity index (χ1n) is 12.6. The lowest BCUT2D eigenvalue weighted by Gasteiger charge is -2.40. The number of nitrogens with zero attached hydrogens (tertiary/aromatic N) is 3. The molecule has 1 aliphatic heterocycles. The second-order valence-electron chi connectivity index (χ2n) is 9.90. The van der Waals surface area contributed by atoms with Gasteiger partial charge >= 0.3 is 0 Å². The van der Waals surface area contributed by atoms with Gasteiger partial charge in [-0.3, -0.25) is 14.0 Å². The highest BCUT2D eigenvalue weighted by atomic mass is 16.2. The summed E-state index contributed by atoms with van der Waals surface area (Å²) < 4.78 is 1.84. The van der Waals surface area contributed by atoms with Crippen LogP contribution >= 0.6 is 0 Å². The largest absolute Gasteiger partial charge is 0.350 e. The van der Waals surface area contributed by atoms with Gasteiger partial charge in [0.1, 0.15) is 11.3 Å². The van der Waals surface area contributed by atoms with Gasteiger partial charge in [0.25, 0.3) is 5.91 Å². The minimum atomic E-state index is -0.0617. The Morgan fingerprint density at radius 2 is 1.97 bits per heavy atom. The SMILES string of the molecule is CCC1CCCC(CC)(CNC(=O)c2cccc3nc(CC(=O)N4CCCCC4)cn23)C1. The van der Waals surface area contributed by atoms with Crippen LogP contribution < -0.4 is 5.32 Å². The molecular formula is C26H38N4O2. The Labute approximate surface area is 191 Å². The van der Waals surface area contributed by atoms with Crippen LogP contribution in [0.2, 0.25) is 0 Å². The van der Waals surface area contributed by atoms with Crippen LogP contribution in [0.15, 0.2) is 24.4 Å². The Hall–Kier alpha value is -2.37. The molecule has 2 atom stereocenters. The first kappa shape index (κ1) is 22.8. The van der Waals surface area contributed by atoms with E-state index in [2.05, 4.69) is 24.1 Å². The van der Waals surface area contributed by atoms with E-state index in [1.807, 2.05) is 33.7 Å². The molecule has 1 N–H and O–H groups in total. The predicted molar refractivity (Wildman–Crippen MR) is 127 cm³/mol. The summed E-state index contributed by atoms with van der Waals surface area (Å²) in [5.74, 6) is 0.845. The van der Waals surface area contributed by atoms with Crippen LogP contribution in [0.5, 0.6) is 0 Å². The van der Waals surface area contributed by atoms with Crippen molar-refractivity contribution in [2.45, 2.75) is 78.1 Å². The fourth-order valence-corrected chi connectivity index (χ4v) is 5.64. The van der Waals surface area contributed by atoms with Crippen LogP contribution in [-0.4, -0.2) is 45.7 Å². The molecule has 1 saturated carbocycles. The van der Waals surface area contributed by atoms with Crippen molar-refractivity contribution in [3.8, 4) is 0 Å². The Morgan fingerprint density at radius 3 is 2.72 bits per heavy atom. The summed E-state index contributed by atoms with van der Waals surface area (Å²) in [6.07, 6.45) is 12.8. The van der Waals surface area contributed by atoms with Crippen molar-refractivity contribution < 1.29 is 9.59 Å². The molecule has 3 heterocycles. The van der Waals surface area contributed by atoms with Crippen molar-refractivity contribution in [2.24, 2.45) is 11.3 Å². The van der Waals surface area contributed by atoms with Gasteiger partial charge in [0.15, 0.2) is 0 Å². The summed E-state index contributed by atoms with van der Waals surface area (Å²) in [5, 5.41) is 3.24. The second-order valence-corrected chi connectivity index (χ2v) is 9.90. The van der Waals surface area contributed by atoms with E-state index >= 15 is 0 Å². The molecule has 0 spiro atoms. The molecule has 4 rings (SSSR count).